The van der Waals surface area contributed by atoms with Gasteiger partial charge in [0, 0.05) is 6.07 Å². The normalized spacial score (nSPS) is 13.5. The van der Waals surface area contributed by atoms with E-state index in [0.717, 1.165) is 0 Å². The van der Waals surface area contributed by atoms with Crippen molar-refractivity contribution >= 4 is 11.7 Å². The van der Waals surface area contributed by atoms with Crippen LogP contribution >= 0.6 is 0 Å². The van der Waals surface area contributed by atoms with Gasteiger partial charge in [0.15, 0.2) is 0 Å². The quantitative estimate of drug-likeness (QED) is 0.433. The maximum atomic E-state index is 11.1. The molecule has 2 N–H and O–H groups in total. The Morgan fingerprint density at radius 3 is 2.71 bits per heavy atom. The lowest BCUT2D eigenvalue weighted by Gasteiger charge is -2.24. The Balaban J connectivity index is 2.60. The van der Waals surface area contributed by atoms with Gasteiger partial charge in [0.2, 0.25) is 0 Å². The third-order valence-electron chi connectivity index (χ3n) is 3.55. The number of nitro benzene ring substituents is 1. The molecule has 0 aliphatic heterocycles. The van der Waals surface area contributed by atoms with Gasteiger partial charge in [-0.3, -0.25) is 14.9 Å². The Bertz CT molecular complexity index is 532. The minimum Gasteiger partial charge on any atom is -0.493 e. The number of ether oxygens (including phenoxy) is 1. The molecule has 0 radical (unpaired) electrons. The van der Waals surface area contributed by atoms with E-state index in [1.54, 1.807) is 33.0 Å². The van der Waals surface area contributed by atoms with E-state index >= 15 is 0 Å². The zero-order chi connectivity index (χ0) is 16.0. The standard InChI is InChI=1S/C14H20N2O5/c1-10-11(16(19)20)6-4-7-12(10)21-9-5-8-14(2,15-3)13(17)18/h4,6-7,15H,5,8-9H2,1-3H3,(H,17,18). The summed E-state index contributed by atoms with van der Waals surface area (Å²) in [5.41, 5.74) is -0.517. The van der Waals surface area contributed by atoms with Crippen molar-refractivity contribution in [1.29, 1.82) is 0 Å². The molecule has 7 nitrogen and oxygen atoms in total. The highest BCUT2D eigenvalue weighted by molar-refractivity contribution is 5.78. The highest BCUT2D eigenvalue weighted by Gasteiger charge is 2.30. The van der Waals surface area contributed by atoms with E-state index in [2.05, 4.69) is 5.32 Å². The Hall–Kier alpha value is -2.15. The number of carboxylic acid groups (broad SMARTS) is 1. The van der Waals surface area contributed by atoms with Crippen molar-refractivity contribution in [1.82, 2.24) is 5.32 Å². The van der Waals surface area contributed by atoms with E-state index in [9.17, 15) is 14.9 Å². The van der Waals surface area contributed by atoms with Crippen LogP contribution in [0, 0.1) is 17.0 Å². The molecule has 0 fully saturated rings. The highest BCUT2D eigenvalue weighted by atomic mass is 16.6. The van der Waals surface area contributed by atoms with Gasteiger partial charge in [0.1, 0.15) is 11.3 Å². The summed E-state index contributed by atoms with van der Waals surface area (Å²) in [7, 11) is 1.60. The first-order chi connectivity index (χ1) is 9.81. The van der Waals surface area contributed by atoms with Crippen molar-refractivity contribution in [2.24, 2.45) is 0 Å². The number of hydrogen-bond donors (Lipinski definition) is 2. The SMILES string of the molecule is CNC(C)(CCCOc1cccc([N+](=O)[O-])c1C)C(=O)O. The lowest BCUT2D eigenvalue weighted by molar-refractivity contribution is -0.385. The zero-order valence-electron chi connectivity index (χ0n) is 12.4. The van der Waals surface area contributed by atoms with Crippen molar-refractivity contribution in [2.45, 2.75) is 32.2 Å². The van der Waals surface area contributed by atoms with Crippen LogP contribution in [0.5, 0.6) is 5.75 Å². The summed E-state index contributed by atoms with van der Waals surface area (Å²) in [4.78, 5) is 21.5. The van der Waals surface area contributed by atoms with Crippen LogP contribution in [0.4, 0.5) is 5.69 Å². The molecule has 0 saturated heterocycles. The van der Waals surface area contributed by atoms with Gasteiger partial charge in [0.25, 0.3) is 5.69 Å². The van der Waals surface area contributed by atoms with E-state index in [0.29, 0.717) is 30.8 Å². The molecule has 0 spiro atoms. The summed E-state index contributed by atoms with van der Waals surface area (Å²) < 4.78 is 5.52. The molecule has 0 saturated carbocycles. The average molecular weight is 296 g/mol. The Morgan fingerprint density at radius 2 is 2.19 bits per heavy atom. The number of rotatable bonds is 8. The molecule has 1 rings (SSSR count). The third kappa shape index (κ3) is 4.16. The molecule has 1 aromatic rings. The molecule has 1 aromatic carbocycles. The van der Waals surface area contributed by atoms with Gasteiger partial charge in [0.05, 0.1) is 17.1 Å². The van der Waals surface area contributed by atoms with Crippen molar-refractivity contribution < 1.29 is 19.6 Å². The molecule has 1 atom stereocenters. The summed E-state index contributed by atoms with van der Waals surface area (Å²) >= 11 is 0. The van der Waals surface area contributed by atoms with Crippen LogP contribution in [0.3, 0.4) is 0 Å². The number of benzene rings is 1. The fourth-order valence-electron chi connectivity index (χ4n) is 1.90. The maximum Gasteiger partial charge on any atom is 0.323 e. The fourth-order valence-corrected chi connectivity index (χ4v) is 1.90. The second kappa shape index (κ2) is 7.03. The van der Waals surface area contributed by atoms with Crippen LogP contribution in [0.1, 0.15) is 25.3 Å². The van der Waals surface area contributed by atoms with Crippen LogP contribution in [0.15, 0.2) is 18.2 Å². The number of nitrogens with zero attached hydrogens (tertiary/aromatic N) is 1. The van der Waals surface area contributed by atoms with Gasteiger partial charge >= 0.3 is 5.97 Å². The van der Waals surface area contributed by atoms with Gasteiger partial charge in [-0.05, 0) is 39.8 Å². The minimum absolute atomic E-state index is 0.0121. The molecule has 0 aliphatic rings. The number of nitro groups is 1. The largest absolute Gasteiger partial charge is 0.493 e. The first kappa shape index (κ1) is 16.9. The zero-order valence-corrected chi connectivity index (χ0v) is 12.4. The maximum absolute atomic E-state index is 11.1. The number of likely N-dealkylation sites (N-methyl/N-ethyl adjacent to an activating group) is 1. The number of carbonyl (C=O) groups is 1. The van der Waals surface area contributed by atoms with Gasteiger partial charge in [-0.1, -0.05) is 6.07 Å². The smallest absolute Gasteiger partial charge is 0.323 e. The van der Waals surface area contributed by atoms with Crippen molar-refractivity contribution in [3.05, 3.63) is 33.9 Å². The van der Waals surface area contributed by atoms with E-state index in [4.69, 9.17) is 9.84 Å². The molecule has 7 heteroatoms. The Labute approximate surface area is 123 Å². The molecule has 0 aliphatic carbocycles. The minimum atomic E-state index is -0.999. The Morgan fingerprint density at radius 1 is 1.52 bits per heavy atom. The van der Waals surface area contributed by atoms with Crippen LogP contribution in [-0.2, 0) is 4.79 Å². The number of aliphatic carboxylic acids is 1. The van der Waals surface area contributed by atoms with Crippen molar-refractivity contribution in [2.75, 3.05) is 13.7 Å². The van der Waals surface area contributed by atoms with E-state index in [1.807, 2.05) is 0 Å². The lowest BCUT2D eigenvalue weighted by Crippen LogP contribution is -2.47. The van der Waals surface area contributed by atoms with Gasteiger partial charge in [-0.15, -0.1) is 0 Å². The average Bonchev–Trinajstić information content (AvgIpc) is 2.44. The van der Waals surface area contributed by atoms with Gasteiger partial charge in [-0.2, -0.15) is 0 Å². The van der Waals surface area contributed by atoms with Crippen LogP contribution in [0.25, 0.3) is 0 Å². The topological polar surface area (TPSA) is 102 Å². The molecule has 1 unspecified atom stereocenters. The van der Waals surface area contributed by atoms with Crippen LogP contribution < -0.4 is 10.1 Å². The molecule has 0 aromatic heterocycles. The monoisotopic (exact) mass is 296 g/mol. The van der Waals surface area contributed by atoms with E-state index in [1.165, 1.54) is 6.07 Å². The molecular formula is C14H20N2O5. The van der Waals surface area contributed by atoms with Crippen molar-refractivity contribution in [3.63, 3.8) is 0 Å². The third-order valence-corrected chi connectivity index (χ3v) is 3.55. The summed E-state index contributed by atoms with van der Waals surface area (Å²) in [6, 6.07) is 4.65. The van der Waals surface area contributed by atoms with Crippen LogP contribution in [-0.4, -0.2) is 35.2 Å². The number of carboxylic acids is 1. The summed E-state index contributed by atoms with van der Waals surface area (Å²) in [5, 5.41) is 22.7. The van der Waals surface area contributed by atoms with E-state index in [-0.39, 0.29) is 5.69 Å². The summed E-state index contributed by atoms with van der Waals surface area (Å²) in [5.74, 6) is -0.470. The van der Waals surface area contributed by atoms with Crippen molar-refractivity contribution in [3.8, 4) is 5.75 Å². The fraction of sp³-hybridized carbons (Fsp3) is 0.500. The molecule has 0 bridgehead atoms. The Kier molecular flexibility index (Phi) is 5.66. The first-order valence-corrected chi connectivity index (χ1v) is 6.61. The molecule has 0 heterocycles. The van der Waals surface area contributed by atoms with E-state index < -0.39 is 16.4 Å². The first-order valence-electron chi connectivity index (χ1n) is 6.61. The molecule has 21 heavy (non-hydrogen) atoms. The molecular weight excluding hydrogens is 276 g/mol. The lowest BCUT2D eigenvalue weighted by atomic mass is 9.96. The molecule has 0 amide bonds. The second-order valence-electron chi connectivity index (χ2n) is 5.00. The molecule has 116 valence electrons. The predicted octanol–water partition coefficient (Wildman–Crippen LogP) is 2.12. The second-order valence-corrected chi connectivity index (χ2v) is 5.00. The van der Waals surface area contributed by atoms with Gasteiger partial charge < -0.3 is 15.2 Å². The summed E-state index contributed by atoms with van der Waals surface area (Å²) in [6.45, 7) is 3.53. The predicted molar refractivity (Wildman–Crippen MR) is 77.7 cm³/mol. The number of hydrogen-bond acceptors (Lipinski definition) is 5. The van der Waals surface area contributed by atoms with Gasteiger partial charge in [-0.25, -0.2) is 0 Å². The highest BCUT2D eigenvalue weighted by Crippen LogP contribution is 2.27. The number of nitrogens with one attached hydrogen (secondary N) is 1. The van der Waals surface area contributed by atoms with Crippen LogP contribution in [0.2, 0.25) is 0 Å². The summed E-state index contributed by atoms with van der Waals surface area (Å²) in [6.07, 6.45) is 0.915.